The maximum Gasteiger partial charge on any atom is 0.101 e. The van der Waals surface area contributed by atoms with Crippen LogP contribution in [0.3, 0.4) is 0 Å². The van der Waals surface area contributed by atoms with Gasteiger partial charge in [0.05, 0.1) is 6.07 Å². The molecular formula is C14H16N2. The molecule has 1 aliphatic heterocycles. The van der Waals surface area contributed by atoms with Crippen LogP contribution in [0.25, 0.3) is 0 Å². The number of nitrogens with zero attached hydrogens (tertiary/aromatic N) is 2. The lowest BCUT2D eigenvalue weighted by atomic mass is 10.1. The van der Waals surface area contributed by atoms with E-state index in [4.69, 9.17) is 5.26 Å². The van der Waals surface area contributed by atoms with Crippen LogP contribution in [0.2, 0.25) is 0 Å². The molecule has 16 heavy (non-hydrogen) atoms. The predicted octanol–water partition coefficient (Wildman–Crippen LogP) is 2.38. The Morgan fingerprint density at radius 2 is 2.06 bits per heavy atom. The normalized spacial score (nSPS) is 20.6. The maximum atomic E-state index is 9.03. The molecule has 1 unspecified atom stereocenters. The molecule has 0 spiro atoms. The molecule has 0 saturated heterocycles. The Bertz CT molecular complexity index is 389. The predicted molar refractivity (Wildman–Crippen MR) is 64.9 cm³/mol. The summed E-state index contributed by atoms with van der Waals surface area (Å²) in [5.74, 6) is 0. The number of hydrogen-bond acceptors (Lipinski definition) is 2. The minimum atomic E-state index is 0.0636. The Morgan fingerprint density at radius 1 is 1.25 bits per heavy atom. The van der Waals surface area contributed by atoms with Gasteiger partial charge in [0.1, 0.15) is 6.04 Å². The Kier molecular flexibility index (Phi) is 3.74. The van der Waals surface area contributed by atoms with E-state index in [2.05, 4.69) is 47.4 Å². The summed E-state index contributed by atoms with van der Waals surface area (Å²) in [5, 5.41) is 9.03. The lowest BCUT2D eigenvalue weighted by molar-refractivity contribution is 0.253. The Balaban J connectivity index is 1.90. The first-order valence-corrected chi connectivity index (χ1v) is 5.73. The Labute approximate surface area is 96.8 Å². The molecule has 1 aliphatic rings. The SMILES string of the molecule is N#CC1CC=CCN1CCc1ccccc1. The molecule has 0 saturated carbocycles. The Hall–Kier alpha value is -1.59. The van der Waals surface area contributed by atoms with Gasteiger partial charge in [0, 0.05) is 13.1 Å². The fraction of sp³-hybridized carbons (Fsp3) is 0.357. The lowest BCUT2D eigenvalue weighted by Gasteiger charge is -2.27. The van der Waals surface area contributed by atoms with Crippen molar-refractivity contribution in [1.82, 2.24) is 4.90 Å². The summed E-state index contributed by atoms with van der Waals surface area (Å²) < 4.78 is 0. The van der Waals surface area contributed by atoms with Crippen molar-refractivity contribution in [2.24, 2.45) is 0 Å². The second kappa shape index (κ2) is 5.48. The van der Waals surface area contributed by atoms with Gasteiger partial charge in [0.15, 0.2) is 0 Å². The van der Waals surface area contributed by atoms with Crippen LogP contribution >= 0.6 is 0 Å². The quantitative estimate of drug-likeness (QED) is 0.719. The molecule has 0 aromatic heterocycles. The number of hydrogen-bond donors (Lipinski definition) is 0. The third-order valence-electron chi connectivity index (χ3n) is 2.99. The van der Waals surface area contributed by atoms with Crippen LogP contribution in [0.15, 0.2) is 42.5 Å². The van der Waals surface area contributed by atoms with Crippen molar-refractivity contribution < 1.29 is 0 Å². The minimum Gasteiger partial charge on any atom is -0.284 e. The zero-order chi connectivity index (χ0) is 11.2. The number of benzene rings is 1. The Morgan fingerprint density at radius 3 is 2.81 bits per heavy atom. The summed E-state index contributed by atoms with van der Waals surface area (Å²) in [6, 6.07) is 12.9. The average molecular weight is 212 g/mol. The van der Waals surface area contributed by atoms with Gasteiger partial charge in [-0.1, -0.05) is 42.5 Å². The van der Waals surface area contributed by atoms with E-state index in [1.807, 2.05) is 6.07 Å². The molecule has 1 atom stereocenters. The summed E-state index contributed by atoms with van der Waals surface area (Å²) in [6.45, 7) is 1.87. The van der Waals surface area contributed by atoms with Crippen molar-refractivity contribution in [3.63, 3.8) is 0 Å². The smallest absolute Gasteiger partial charge is 0.101 e. The number of rotatable bonds is 3. The highest BCUT2D eigenvalue weighted by Crippen LogP contribution is 2.11. The van der Waals surface area contributed by atoms with E-state index in [1.54, 1.807) is 0 Å². The molecule has 2 heteroatoms. The fourth-order valence-electron chi connectivity index (χ4n) is 2.01. The highest BCUT2D eigenvalue weighted by Gasteiger charge is 2.17. The van der Waals surface area contributed by atoms with Crippen LogP contribution in [0.5, 0.6) is 0 Å². The summed E-state index contributed by atoms with van der Waals surface area (Å²) in [4.78, 5) is 2.24. The van der Waals surface area contributed by atoms with Crippen molar-refractivity contribution in [2.45, 2.75) is 18.9 Å². The zero-order valence-corrected chi connectivity index (χ0v) is 9.34. The molecule has 0 aliphatic carbocycles. The van der Waals surface area contributed by atoms with Crippen LogP contribution in [0, 0.1) is 11.3 Å². The van der Waals surface area contributed by atoms with Gasteiger partial charge in [-0.05, 0) is 18.4 Å². The summed E-state index contributed by atoms with van der Waals surface area (Å²) >= 11 is 0. The van der Waals surface area contributed by atoms with Gasteiger partial charge in [-0.15, -0.1) is 0 Å². The van der Waals surface area contributed by atoms with Gasteiger partial charge in [-0.3, -0.25) is 4.90 Å². The van der Waals surface area contributed by atoms with Gasteiger partial charge in [0.25, 0.3) is 0 Å². The van der Waals surface area contributed by atoms with Gasteiger partial charge in [0.2, 0.25) is 0 Å². The molecule has 1 aromatic carbocycles. The maximum absolute atomic E-state index is 9.03. The van der Waals surface area contributed by atoms with Crippen molar-refractivity contribution in [1.29, 1.82) is 5.26 Å². The fourth-order valence-corrected chi connectivity index (χ4v) is 2.01. The molecular weight excluding hydrogens is 196 g/mol. The molecule has 82 valence electrons. The van der Waals surface area contributed by atoms with Crippen LogP contribution in [-0.2, 0) is 6.42 Å². The van der Waals surface area contributed by atoms with Crippen LogP contribution in [-0.4, -0.2) is 24.0 Å². The first kappa shape index (κ1) is 10.9. The summed E-state index contributed by atoms with van der Waals surface area (Å²) in [7, 11) is 0. The molecule has 0 N–H and O–H groups in total. The van der Waals surface area contributed by atoms with Crippen molar-refractivity contribution >= 4 is 0 Å². The summed E-state index contributed by atoms with van der Waals surface area (Å²) in [5.41, 5.74) is 1.34. The van der Waals surface area contributed by atoms with Gasteiger partial charge in [-0.25, -0.2) is 0 Å². The van der Waals surface area contributed by atoms with E-state index < -0.39 is 0 Å². The zero-order valence-electron chi connectivity index (χ0n) is 9.34. The van der Waals surface area contributed by atoms with Crippen molar-refractivity contribution in [2.75, 3.05) is 13.1 Å². The molecule has 2 nitrogen and oxygen atoms in total. The molecule has 0 radical (unpaired) electrons. The lowest BCUT2D eigenvalue weighted by Crippen LogP contribution is -2.37. The molecule has 0 fully saturated rings. The topological polar surface area (TPSA) is 27.0 Å². The molecule has 0 bridgehead atoms. The first-order chi connectivity index (χ1) is 7.90. The number of nitriles is 1. The molecule has 0 amide bonds. The second-order valence-electron chi connectivity index (χ2n) is 4.08. The molecule has 2 rings (SSSR count). The van der Waals surface area contributed by atoms with Gasteiger partial charge < -0.3 is 0 Å². The van der Waals surface area contributed by atoms with Gasteiger partial charge >= 0.3 is 0 Å². The first-order valence-electron chi connectivity index (χ1n) is 5.73. The van der Waals surface area contributed by atoms with Crippen LogP contribution in [0.4, 0.5) is 0 Å². The minimum absolute atomic E-state index is 0.0636. The third kappa shape index (κ3) is 2.71. The van der Waals surface area contributed by atoms with Crippen LogP contribution < -0.4 is 0 Å². The second-order valence-corrected chi connectivity index (χ2v) is 4.08. The monoisotopic (exact) mass is 212 g/mol. The van der Waals surface area contributed by atoms with E-state index >= 15 is 0 Å². The standard InChI is InChI=1S/C14H16N2/c15-12-14-8-4-5-10-16(14)11-9-13-6-2-1-3-7-13/h1-7,14H,8-11H2. The highest BCUT2D eigenvalue weighted by atomic mass is 15.1. The molecule has 1 heterocycles. The van der Waals surface area contributed by atoms with E-state index in [0.29, 0.717) is 0 Å². The van der Waals surface area contributed by atoms with E-state index in [1.165, 1.54) is 5.56 Å². The van der Waals surface area contributed by atoms with E-state index in [-0.39, 0.29) is 6.04 Å². The largest absolute Gasteiger partial charge is 0.284 e. The van der Waals surface area contributed by atoms with Crippen molar-refractivity contribution in [3.05, 3.63) is 48.0 Å². The molecule has 1 aromatic rings. The van der Waals surface area contributed by atoms with Gasteiger partial charge in [-0.2, -0.15) is 5.26 Å². The van der Waals surface area contributed by atoms with E-state index in [9.17, 15) is 0 Å². The summed E-state index contributed by atoms with van der Waals surface area (Å²) in [6.07, 6.45) is 6.14. The van der Waals surface area contributed by atoms with E-state index in [0.717, 1.165) is 25.9 Å². The van der Waals surface area contributed by atoms with Crippen LogP contribution in [0.1, 0.15) is 12.0 Å². The van der Waals surface area contributed by atoms with Crippen molar-refractivity contribution in [3.8, 4) is 6.07 Å². The highest BCUT2D eigenvalue weighted by molar-refractivity contribution is 5.15. The average Bonchev–Trinajstić information content (AvgIpc) is 2.38. The third-order valence-corrected chi connectivity index (χ3v) is 2.99.